The molecule has 0 bridgehead atoms. The minimum atomic E-state index is 0.215. The third-order valence-corrected chi connectivity index (χ3v) is 5.10. The molecule has 126 valence electrons. The van der Waals surface area contributed by atoms with Crippen molar-refractivity contribution in [1.29, 1.82) is 0 Å². The van der Waals surface area contributed by atoms with E-state index in [0.717, 1.165) is 50.4 Å². The van der Waals surface area contributed by atoms with Crippen LogP contribution in [0.5, 0.6) is 0 Å². The number of carbonyl (C=O) groups excluding carboxylic acids is 1. The summed E-state index contributed by atoms with van der Waals surface area (Å²) in [6, 6.07) is 4.05. The Kier molecular flexibility index (Phi) is 5.49. The Balaban J connectivity index is 1.60. The normalized spacial score (nSPS) is 20.5. The molecular formula is C18H28N4O. The maximum Gasteiger partial charge on any atom is 0.223 e. The molecule has 1 aromatic rings. The van der Waals surface area contributed by atoms with E-state index >= 15 is 0 Å². The first kappa shape index (κ1) is 16.2. The molecule has 0 radical (unpaired) electrons. The maximum absolute atomic E-state index is 12.4. The molecule has 1 amide bonds. The van der Waals surface area contributed by atoms with Crippen LogP contribution < -0.4 is 10.2 Å². The van der Waals surface area contributed by atoms with E-state index in [1.54, 1.807) is 0 Å². The molecule has 1 N–H and O–H groups in total. The zero-order valence-corrected chi connectivity index (χ0v) is 14.1. The van der Waals surface area contributed by atoms with Crippen molar-refractivity contribution < 1.29 is 4.79 Å². The molecule has 1 saturated heterocycles. The van der Waals surface area contributed by atoms with Crippen molar-refractivity contribution in [2.75, 3.05) is 38.1 Å². The number of pyridine rings is 1. The molecule has 2 aliphatic rings. The second kappa shape index (κ2) is 7.77. The Hall–Kier alpha value is -1.62. The summed E-state index contributed by atoms with van der Waals surface area (Å²) >= 11 is 0. The summed E-state index contributed by atoms with van der Waals surface area (Å²) in [5.41, 5.74) is 1.13. The van der Waals surface area contributed by atoms with E-state index < -0.39 is 0 Å². The zero-order valence-electron chi connectivity index (χ0n) is 14.1. The molecule has 0 unspecified atom stereocenters. The molecule has 2 fully saturated rings. The number of piperazine rings is 1. The Morgan fingerprint density at radius 2 is 1.96 bits per heavy atom. The van der Waals surface area contributed by atoms with Crippen molar-refractivity contribution in [1.82, 2.24) is 15.2 Å². The zero-order chi connectivity index (χ0) is 16.1. The minimum Gasteiger partial charge on any atom is -0.354 e. The number of rotatable bonds is 4. The molecule has 0 spiro atoms. The van der Waals surface area contributed by atoms with E-state index in [1.165, 1.54) is 19.3 Å². The monoisotopic (exact) mass is 316 g/mol. The van der Waals surface area contributed by atoms with Gasteiger partial charge >= 0.3 is 0 Å². The number of aromatic nitrogens is 1. The van der Waals surface area contributed by atoms with Gasteiger partial charge in [-0.15, -0.1) is 0 Å². The highest BCUT2D eigenvalue weighted by atomic mass is 16.1. The number of likely N-dealkylation sites (N-methyl/N-ethyl adjacent to an activating group) is 1. The molecule has 5 heteroatoms. The standard InChI is InChI=1S/C18H28N4O/c1-21-10-12-22(13-11-21)17-16(8-5-9-19-17)14-20-18(23)15-6-3-2-4-7-15/h5,8-9,15H,2-4,6-7,10-14H2,1H3,(H,20,23). The number of anilines is 1. The average Bonchev–Trinajstić information content (AvgIpc) is 2.61. The van der Waals surface area contributed by atoms with Gasteiger partial charge < -0.3 is 15.1 Å². The van der Waals surface area contributed by atoms with Gasteiger partial charge in [0, 0.05) is 50.4 Å². The molecule has 1 aliphatic heterocycles. The van der Waals surface area contributed by atoms with E-state index in [2.05, 4.69) is 33.2 Å². The van der Waals surface area contributed by atoms with E-state index in [1.807, 2.05) is 12.3 Å². The molecule has 1 aromatic heterocycles. The van der Waals surface area contributed by atoms with Gasteiger partial charge in [0.2, 0.25) is 5.91 Å². The minimum absolute atomic E-state index is 0.215. The second-order valence-electron chi connectivity index (χ2n) is 6.83. The fourth-order valence-electron chi connectivity index (χ4n) is 3.56. The second-order valence-corrected chi connectivity index (χ2v) is 6.83. The van der Waals surface area contributed by atoms with Crippen molar-refractivity contribution in [3.8, 4) is 0 Å². The molecule has 23 heavy (non-hydrogen) atoms. The number of hydrogen-bond acceptors (Lipinski definition) is 4. The topological polar surface area (TPSA) is 48.5 Å². The first-order valence-corrected chi connectivity index (χ1v) is 8.89. The predicted octanol–water partition coefficient (Wildman–Crippen LogP) is 2.03. The lowest BCUT2D eigenvalue weighted by Crippen LogP contribution is -2.45. The van der Waals surface area contributed by atoms with Crippen LogP contribution in [0, 0.1) is 5.92 Å². The lowest BCUT2D eigenvalue weighted by atomic mass is 9.88. The Labute approximate surface area is 139 Å². The van der Waals surface area contributed by atoms with Crippen molar-refractivity contribution >= 4 is 11.7 Å². The molecule has 3 rings (SSSR count). The summed E-state index contributed by atoms with van der Waals surface area (Å²) < 4.78 is 0. The molecule has 2 heterocycles. The number of nitrogens with one attached hydrogen (secondary N) is 1. The van der Waals surface area contributed by atoms with Gasteiger partial charge in [-0.25, -0.2) is 4.98 Å². The smallest absolute Gasteiger partial charge is 0.223 e. The van der Waals surface area contributed by atoms with Gasteiger partial charge in [-0.1, -0.05) is 25.3 Å². The van der Waals surface area contributed by atoms with Crippen LogP contribution in [0.25, 0.3) is 0 Å². The van der Waals surface area contributed by atoms with Gasteiger partial charge in [-0.3, -0.25) is 4.79 Å². The summed E-state index contributed by atoms with van der Waals surface area (Å²) in [5.74, 6) is 1.47. The van der Waals surface area contributed by atoms with E-state index in [0.29, 0.717) is 6.54 Å². The van der Waals surface area contributed by atoms with Crippen LogP contribution in [-0.4, -0.2) is 49.0 Å². The van der Waals surface area contributed by atoms with Gasteiger partial charge in [-0.2, -0.15) is 0 Å². The molecule has 0 aromatic carbocycles. The average molecular weight is 316 g/mol. The van der Waals surface area contributed by atoms with Crippen LogP contribution in [0.15, 0.2) is 18.3 Å². The van der Waals surface area contributed by atoms with Gasteiger partial charge in [0.05, 0.1) is 0 Å². The van der Waals surface area contributed by atoms with Crippen LogP contribution in [0.1, 0.15) is 37.7 Å². The van der Waals surface area contributed by atoms with Crippen LogP contribution in [0.4, 0.5) is 5.82 Å². The highest BCUT2D eigenvalue weighted by Crippen LogP contribution is 2.24. The quantitative estimate of drug-likeness (QED) is 0.923. The molecule has 0 atom stereocenters. The largest absolute Gasteiger partial charge is 0.354 e. The lowest BCUT2D eigenvalue weighted by Gasteiger charge is -2.34. The summed E-state index contributed by atoms with van der Waals surface area (Å²) in [6.07, 6.45) is 7.60. The number of hydrogen-bond donors (Lipinski definition) is 1. The lowest BCUT2D eigenvalue weighted by molar-refractivity contribution is -0.126. The van der Waals surface area contributed by atoms with Crippen LogP contribution in [-0.2, 0) is 11.3 Å². The fraction of sp³-hybridized carbons (Fsp3) is 0.667. The van der Waals surface area contributed by atoms with E-state index in [-0.39, 0.29) is 11.8 Å². The van der Waals surface area contributed by atoms with Crippen molar-refractivity contribution in [2.45, 2.75) is 38.6 Å². The van der Waals surface area contributed by atoms with Crippen molar-refractivity contribution in [2.24, 2.45) is 5.92 Å². The molecule has 1 saturated carbocycles. The summed E-state index contributed by atoms with van der Waals surface area (Å²) in [7, 11) is 2.15. The predicted molar refractivity (Wildman–Crippen MR) is 92.4 cm³/mol. The number of nitrogens with zero attached hydrogens (tertiary/aromatic N) is 3. The molecule has 1 aliphatic carbocycles. The molecule has 5 nitrogen and oxygen atoms in total. The first-order chi connectivity index (χ1) is 11.2. The Morgan fingerprint density at radius 1 is 1.22 bits per heavy atom. The maximum atomic E-state index is 12.4. The van der Waals surface area contributed by atoms with E-state index in [4.69, 9.17) is 0 Å². The highest BCUT2D eigenvalue weighted by Gasteiger charge is 2.22. The van der Waals surface area contributed by atoms with Gasteiger partial charge in [0.15, 0.2) is 0 Å². The van der Waals surface area contributed by atoms with E-state index in [9.17, 15) is 4.79 Å². The number of carbonyl (C=O) groups is 1. The van der Waals surface area contributed by atoms with Crippen molar-refractivity contribution in [3.63, 3.8) is 0 Å². The van der Waals surface area contributed by atoms with Gasteiger partial charge in [0.25, 0.3) is 0 Å². The Bertz CT molecular complexity index is 520. The third kappa shape index (κ3) is 4.22. The third-order valence-electron chi connectivity index (χ3n) is 5.10. The first-order valence-electron chi connectivity index (χ1n) is 8.89. The SMILES string of the molecule is CN1CCN(c2ncccc2CNC(=O)C2CCCCC2)CC1. The van der Waals surface area contributed by atoms with Gasteiger partial charge in [-0.05, 0) is 26.0 Å². The molecular weight excluding hydrogens is 288 g/mol. The fourth-order valence-corrected chi connectivity index (χ4v) is 3.56. The van der Waals surface area contributed by atoms with Crippen LogP contribution in [0.3, 0.4) is 0 Å². The summed E-state index contributed by atoms with van der Waals surface area (Å²) in [5, 5.41) is 3.14. The number of amides is 1. The van der Waals surface area contributed by atoms with Crippen LogP contribution in [0.2, 0.25) is 0 Å². The summed E-state index contributed by atoms with van der Waals surface area (Å²) in [6.45, 7) is 4.70. The highest BCUT2D eigenvalue weighted by molar-refractivity contribution is 5.78. The van der Waals surface area contributed by atoms with Crippen molar-refractivity contribution in [3.05, 3.63) is 23.9 Å². The Morgan fingerprint density at radius 3 is 2.70 bits per heavy atom. The van der Waals surface area contributed by atoms with Crippen LogP contribution >= 0.6 is 0 Å². The van der Waals surface area contributed by atoms with Gasteiger partial charge in [0.1, 0.15) is 5.82 Å². The summed E-state index contributed by atoms with van der Waals surface area (Å²) in [4.78, 5) is 21.6.